The predicted molar refractivity (Wildman–Crippen MR) is 70.6 cm³/mol. The molecule has 0 aromatic carbocycles. The summed E-state index contributed by atoms with van der Waals surface area (Å²) in [5.41, 5.74) is 0. The molecule has 17 heavy (non-hydrogen) atoms. The lowest BCUT2D eigenvalue weighted by atomic mass is 10.3. The van der Waals surface area contributed by atoms with E-state index >= 15 is 0 Å². The van der Waals surface area contributed by atoms with Gasteiger partial charge in [0.15, 0.2) is 0 Å². The number of tetrazole rings is 1. The van der Waals surface area contributed by atoms with Gasteiger partial charge in [-0.25, -0.2) is 4.68 Å². The van der Waals surface area contributed by atoms with Crippen LogP contribution in [0.4, 0.5) is 0 Å². The Bertz CT molecular complexity index is 325. The topological polar surface area (TPSA) is 43.6 Å². The normalized spacial score (nSPS) is 16.8. The van der Waals surface area contributed by atoms with Crippen LogP contribution < -0.4 is 0 Å². The van der Waals surface area contributed by atoms with E-state index in [1.54, 1.807) is 11.8 Å². The van der Waals surface area contributed by atoms with E-state index in [1.807, 2.05) is 4.68 Å². The molecule has 1 fully saturated rings. The zero-order chi connectivity index (χ0) is 11.9. The summed E-state index contributed by atoms with van der Waals surface area (Å²) in [5, 5.41) is 13.0. The molecule has 6 heteroatoms. The van der Waals surface area contributed by atoms with Gasteiger partial charge in [-0.05, 0) is 36.1 Å². The average molecular weight is 275 g/mol. The second-order valence-electron chi connectivity index (χ2n) is 4.44. The van der Waals surface area contributed by atoms with Crippen molar-refractivity contribution >= 4 is 23.4 Å². The van der Waals surface area contributed by atoms with Gasteiger partial charge < -0.3 is 0 Å². The van der Waals surface area contributed by atoms with Crippen LogP contribution in [0.3, 0.4) is 0 Å². The number of rotatable bonds is 7. The van der Waals surface area contributed by atoms with Gasteiger partial charge >= 0.3 is 0 Å². The highest BCUT2D eigenvalue weighted by Crippen LogP contribution is 2.31. The summed E-state index contributed by atoms with van der Waals surface area (Å²) in [6.07, 6.45) is 8.57. The van der Waals surface area contributed by atoms with E-state index in [2.05, 4.69) is 15.5 Å². The summed E-state index contributed by atoms with van der Waals surface area (Å²) >= 11 is 7.42. The van der Waals surface area contributed by atoms with E-state index in [-0.39, 0.29) is 0 Å². The van der Waals surface area contributed by atoms with Crippen LogP contribution in [-0.4, -0.2) is 31.8 Å². The SMILES string of the molecule is ClCCCCCSc1nnnn1C1CCCC1. The lowest BCUT2D eigenvalue weighted by molar-refractivity contribution is 0.423. The molecule has 0 radical (unpaired) electrons. The first-order valence-corrected chi connectivity index (χ1v) is 7.90. The molecule has 0 spiro atoms. The number of hydrogen-bond donors (Lipinski definition) is 0. The largest absolute Gasteiger partial charge is 0.217 e. The number of halogens is 1. The Balaban J connectivity index is 1.78. The molecule has 0 saturated heterocycles. The number of unbranched alkanes of at least 4 members (excludes halogenated alkanes) is 2. The van der Waals surface area contributed by atoms with Crippen LogP contribution in [0.1, 0.15) is 51.0 Å². The molecule has 1 aromatic heterocycles. The zero-order valence-corrected chi connectivity index (χ0v) is 11.6. The smallest absolute Gasteiger partial charge is 0.209 e. The third-order valence-electron chi connectivity index (χ3n) is 3.14. The fourth-order valence-corrected chi connectivity index (χ4v) is 3.33. The summed E-state index contributed by atoms with van der Waals surface area (Å²) in [5.74, 6) is 1.86. The maximum atomic E-state index is 5.65. The standard InChI is InChI=1S/C11H19ClN4S/c12-8-4-1-5-9-17-11-13-14-15-16(11)10-6-2-3-7-10/h10H,1-9H2. The number of nitrogens with zero attached hydrogens (tertiary/aromatic N) is 4. The minimum atomic E-state index is 0.537. The van der Waals surface area contributed by atoms with Crippen molar-refractivity contribution in [3.63, 3.8) is 0 Å². The van der Waals surface area contributed by atoms with Crippen LogP contribution in [-0.2, 0) is 0 Å². The number of aromatic nitrogens is 4. The van der Waals surface area contributed by atoms with Crippen molar-refractivity contribution < 1.29 is 0 Å². The van der Waals surface area contributed by atoms with Crippen molar-refractivity contribution in [2.75, 3.05) is 11.6 Å². The average Bonchev–Trinajstić information content (AvgIpc) is 2.98. The van der Waals surface area contributed by atoms with Crippen molar-refractivity contribution in [3.05, 3.63) is 0 Å². The molecule has 1 heterocycles. The lowest BCUT2D eigenvalue weighted by Crippen LogP contribution is -2.08. The highest BCUT2D eigenvalue weighted by Gasteiger charge is 2.21. The molecular weight excluding hydrogens is 256 g/mol. The number of thioether (sulfide) groups is 1. The van der Waals surface area contributed by atoms with Crippen molar-refractivity contribution in [1.82, 2.24) is 20.2 Å². The van der Waals surface area contributed by atoms with E-state index in [9.17, 15) is 0 Å². The molecule has 1 saturated carbocycles. The van der Waals surface area contributed by atoms with Crippen molar-refractivity contribution in [1.29, 1.82) is 0 Å². The summed E-state index contributed by atoms with van der Waals surface area (Å²) < 4.78 is 2.03. The first-order chi connectivity index (χ1) is 8.42. The second kappa shape index (κ2) is 7.21. The van der Waals surface area contributed by atoms with E-state index in [0.717, 1.165) is 23.2 Å². The Kier molecular flexibility index (Phi) is 5.58. The zero-order valence-electron chi connectivity index (χ0n) is 10.0. The van der Waals surface area contributed by atoms with Crippen LogP contribution in [0.2, 0.25) is 0 Å². The molecule has 2 rings (SSSR count). The van der Waals surface area contributed by atoms with Gasteiger partial charge in [-0.3, -0.25) is 0 Å². The van der Waals surface area contributed by atoms with Crippen LogP contribution in [0.5, 0.6) is 0 Å². The van der Waals surface area contributed by atoms with Gasteiger partial charge in [-0.2, -0.15) is 0 Å². The summed E-state index contributed by atoms with van der Waals surface area (Å²) in [4.78, 5) is 0. The quantitative estimate of drug-likeness (QED) is 0.435. The summed E-state index contributed by atoms with van der Waals surface area (Å²) in [6, 6.07) is 0.537. The monoisotopic (exact) mass is 274 g/mol. The Hall–Kier alpha value is -0.290. The maximum absolute atomic E-state index is 5.65. The maximum Gasteiger partial charge on any atom is 0.209 e. The van der Waals surface area contributed by atoms with Crippen LogP contribution >= 0.6 is 23.4 Å². The molecule has 96 valence electrons. The van der Waals surface area contributed by atoms with Gasteiger partial charge in [0.1, 0.15) is 0 Å². The van der Waals surface area contributed by atoms with Gasteiger partial charge in [0, 0.05) is 11.6 Å². The predicted octanol–water partition coefficient (Wildman–Crippen LogP) is 3.29. The minimum Gasteiger partial charge on any atom is -0.217 e. The molecule has 0 bridgehead atoms. The molecule has 1 aromatic rings. The Morgan fingerprint density at radius 2 is 2.06 bits per heavy atom. The fraction of sp³-hybridized carbons (Fsp3) is 0.909. The highest BCUT2D eigenvalue weighted by molar-refractivity contribution is 7.99. The molecule has 0 amide bonds. The first-order valence-electron chi connectivity index (χ1n) is 6.38. The van der Waals surface area contributed by atoms with Crippen molar-refractivity contribution in [3.8, 4) is 0 Å². The highest BCUT2D eigenvalue weighted by atomic mass is 35.5. The van der Waals surface area contributed by atoms with Gasteiger partial charge in [0.2, 0.25) is 5.16 Å². The van der Waals surface area contributed by atoms with Crippen LogP contribution in [0.15, 0.2) is 5.16 Å². The Morgan fingerprint density at radius 1 is 1.24 bits per heavy atom. The second-order valence-corrected chi connectivity index (χ2v) is 5.88. The number of alkyl halides is 1. The molecule has 0 N–H and O–H groups in total. The van der Waals surface area contributed by atoms with E-state index in [0.29, 0.717) is 6.04 Å². The lowest BCUT2D eigenvalue weighted by Gasteiger charge is -2.10. The van der Waals surface area contributed by atoms with E-state index < -0.39 is 0 Å². The summed E-state index contributed by atoms with van der Waals surface area (Å²) in [6.45, 7) is 0. The van der Waals surface area contributed by atoms with Crippen LogP contribution in [0.25, 0.3) is 0 Å². The summed E-state index contributed by atoms with van der Waals surface area (Å²) in [7, 11) is 0. The van der Waals surface area contributed by atoms with Crippen molar-refractivity contribution in [2.24, 2.45) is 0 Å². The fourth-order valence-electron chi connectivity index (χ4n) is 2.20. The third-order valence-corrected chi connectivity index (χ3v) is 4.43. The number of hydrogen-bond acceptors (Lipinski definition) is 4. The van der Waals surface area contributed by atoms with E-state index in [4.69, 9.17) is 11.6 Å². The Morgan fingerprint density at radius 3 is 2.82 bits per heavy atom. The molecule has 0 unspecified atom stereocenters. The minimum absolute atomic E-state index is 0.537. The van der Waals surface area contributed by atoms with Gasteiger partial charge in [-0.15, -0.1) is 16.7 Å². The van der Waals surface area contributed by atoms with Crippen molar-refractivity contribution in [2.45, 2.75) is 56.1 Å². The Labute approximate surface area is 111 Å². The van der Waals surface area contributed by atoms with Gasteiger partial charge in [0.25, 0.3) is 0 Å². The first kappa shape index (κ1) is 13.1. The molecule has 0 aliphatic heterocycles. The third kappa shape index (κ3) is 3.85. The van der Waals surface area contributed by atoms with Gasteiger partial charge in [-0.1, -0.05) is 31.0 Å². The van der Waals surface area contributed by atoms with Gasteiger partial charge in [0.05, 0.1) is 6.04 Å². The van der Waals surface area contributed by atoms with Crippen LogP contribution in [0, 0.1) is 0 Å². The molecule has 1 aliphatic rings. The molecule has 4 nitrogen and oxygen atoms in total. The molecule has 1 aliphatic carbocycles. The molecule has 0 atom stereocenters. The molecular formula is C11H19ClN4S. The van der Waals surface area contributed by atoms with E-state index in [1.165, 1.54) is 38.5 Å².